The zero-order valence-corrected chi connectivity index (χ0v) is 30.0. The molecule has 56 heavy (non-hydrogen) atoms. The molecular formula is C44H38N2O10. The Hall–Kier alpha value is -7.08. The number of aliphatic carboxylic acids is 2. The molecule has 1 aliphatic carbocycles. The molecular weight excluding hydrogens is 716 g/mol. The third kappa shape index (κ3) is 8.65. The van der Waals surface area contributed by atoms with Gasteiger partial charge in [-0.2, -0.15) is 0 Å². The van der Waals surface area contributed by atoms with Gasteiger partial charge in [0.1, 0.15) is 34.5 Å². The van der Waals surface area contributed by atoms with Crippen LogP contribution >= 0.6 is 0 Å². The maximum absolute atomic E-state index is 14.6. The van der Waals surface area contributed by atoms with E-state index >= 15 is 0 Å². The van der Waals surface area contributed by atoms with E-state index < -0.39 is 47.4 Å². The van der Waals surface area contributed by atoms with Gasteiger partial charge in [0.2, 0.25) is 11.8 Å². The largest absolute Gasteiger partial charge is 0.481 e. The summed E-state index contributed by atoms with van der Waals surface area (Å²) in [6, 6.07) is 39.3. The molecule has 2 amide bonds. The Labute approximate surface area is 322 Å². The van der Waals surface area contributed by atoms with Crippen LogP contribution in [0.5, 0.6) is 23.0 Å². The number of furan rings is 2. The molecule has 4 aromatic carbocycles. The minimum atomic E-state index is -1.66. The van der Waals surface area contributed by atoms with Gasteiger partial charge in [-0.1, -0.05) is 60.7 Å². The Morgan fingerprint density at radius 2 is 0.804 bits per heavy atom. The van der Waals surface area contributed by atoms with Crippen molar-refractivity contribution in [1.82, 2.24) is 9.80 Å². The molecule has 0 saturated heterocycles. The lowest BCUT2D eigenvalue weighted by Crippen LogP contribution is -2.64. The maximum Gasteiger partial charge on any atom is 0.308 e. The van der Waals surface area contributed by atoms with Gasteiger partial charge in [0.25, 0.3) is 0 Å². The van der Waals surface area contributed by atoms with Crippen molar-refractivity contribution in [2.75, 3.05) is 0 Å². The van der Waals surface area contributed by atoms with Crippen LogP contribution in [-0.4, -0.2) is 43.8 Å². The molecule has 284 valence electrons. The van der Waals surface area contributed by atoms with Crippen molar-refractivity contribution >= 4 is 23.8 Å². The summed E-state index contributed by atoms with van der Waals surface area (Å²) < 4.78 is 22.9. The number of carboxylic acid groups (broad SMARTS) is 2. The number of rotatable bonds is 16. The van der Waals surface area contributed by atoms with Crippen molar-refractivity contribution in [1.29, 1.82) is 0 Å². The van der Waals surface area contributed by atoms with E-state index in [-0.39, 0.29) is 26.2 Å². The molecule has 12 nitrogen and oxygen atoms in total. The summed E-state index contributed by atoms with van der Waals surface area (Å²) in [6.45, 7) is -0.0769. The first-order valence-electron chi connectivity index (χ1n) is 17.9. The third-order valence-electron chi connectivity index (χ3n) is 9.72. The average Bonchev–Trinajstić information content (AvgIpc) is 3.91. The summed E-state index contributed by atoms with van der Waals surface area (Å²) in [6.07, 6.45) is 2.91. The Balaban J connectivity index is 1.16. The summed E-state index contributed by atoms with van der Waals surface area (Å²) in [7, 11) is 0. The van der Waals surface area contributed by atoms with Crippen LogP contribution < -0.4 is 9.47 Å². The highest BCUT2D eigenvalue weighted by atomic mass is 16.5. The fourth-order valence-electron chi connectivity index (χ4n) is 7.02. The molecule has 6 aromatic rings. The van der Waals surface area contributed by atoms with Gasteiger partial charge in [0.05, 0.1) is 49.3 Å². The summed E-state index contributed by atoms with van der Waals surface area (Å²) in [5, 5.41) is 20.7. The average molecular weight is 755 g/mol. The first-order chi connectivity index (χ1) is 27.2. The number of benzene rings is 4. The molecule has 0 unspecified atom stereocenters. The molecule has 12 heteroatoms. The minimum Gasteiger partial charge on any atom is -0.481 e. The van der Waals surface area contributed by atoms with Crippen LogP contribution in [0.2, 0.25) is 0 Å². The number of hydrogen-bond donors (Lipinski definition) is 2. The van der Waals surface area contributed by atoms with Gasteiger partial charge < -0.3 is 38.3 Å². The summed E-state index contributed by atoms with van der Waals surface area (Å²) >= 11 is 0. The molecule has 2 heterocycles. The molecule has 0 radical (unpaired) electrons. The first kappa shape index (κ1) is 37.2. The SMILES string of the molecule is O=C(O)[C@H]1[C@H](C(=O)O)[C@H](C(=O)N(Cc2ccc(Oc3ccccc3)cc2)Cc2ccco2)[C@H]1C(=O)N(Cc1ccc(Oc2ccccc2)cc1)Cc1ccco1. The second-order valence-corrected chi connectivity index (χ2v) is 13.4. The predicted molar refractivity (Wildman–Crippen MR) is 201 cm³/mol. The number of ether oxygens (including phenoxy) is 2. The number of carbonyl (C=O) groups is 4. The van der Waals surface area contributed by atoms with Gasteiger partial charge in [-0.3, -0.25) is 19.2 Å². The number of carbonyl (C=O) groups excluding carboxylic acids is 2. The normalized spacial score (nSPS) is 17.3. The van der Waals surface area contributed by atoms with Crippen molar-refractivity contribution in [2.24, 2.45) is 23.7 Å². The molecule has 0 aliphatic heterocycles. The summed E-state index contributed by atoms with van der Waals surface area (Å²) in [5.41, 5.74) is 1.38. The first-order valence-corrected chi connectivity index (χ1v) is 17.9. The third-order valence-corrected chi connectivity index (χ3v) is 9.72. The highest BCUT2D eigenvalue weighted by Gasteiger charge is 2.65. The van der Waals surface area contributed by atoms with E-state index in [2.05, 4.69) is 0 Å². The van der Waals surface area contributed by atoms with E-state index in [9.17, 15) is 29.4 Å². The Kier molecular flexibility index (Phi) is 11.3. The number of hydrogen-bond acceptors (Lipinski definition) is 8. The molecule has 7 rings (SSSR count). The topological polar surface area (TPSA) is 160 Å². The minimum absolute atomic E-state index is 0.0140. The highest BCUT2D eigenvalue weighted by molar-refractivity contribution is 5.99. The highest BCUT2D eigenvalue weighted by Crippen LogP contribution is 2.49. The van der Waals surface area contributed by atoms with Gasteiger partial charge in [0.15, 0.2) is 0 Å². The lowest BCUT2D eigenvalue weighted by Gasteiger charge is -2.48. The molecule has 2 N–H and O–H groups in total. The zero-order chi connectivity index (χ0) is 39.0. The number of para-hydroxylation sites is 2. The summed E-state index contributed by atoms with van der Waals surface area (Å²) in [5.74, 6) is -7.34. The van der Waals surface area contributed by atoms with Crippen LogP contribution in [0.1, 0.15) is 22.6 Å². The monoisotopic (exact) mass is 754 g/mol. The number of carboxylic acids is 2. The lowest BCUT2D eigenvalue weighted by atomic mass is 9.55. The van der Waals surface area contributed by atoms with Crippen LogP contribution in [0.3, 0.4) is 0 Å². The van der Waals surface area contributed by atoms with Crippen molar-refractivity contribution in [3.05, 3.63) is 169 Å². The molecule has 1 saturated carbocycles. The van der Waals surface area contributed by atoms with E-state index in [1.54, 1.807) is 72.8 Å². The van der Waals surface area contributed by atoms with Crippen LogP contribution in [0.4, 0.5) is 0 Å². The van der Waals surface area contributed by atoms with E-state index in [0.29, 0.717) is 45.6 Å². The number of nitrogens with zero attached hydrogens (tertiary/aromatic N) is 2. The number of amides is 2. The van der Waals surface area contributed by atoms with Crippen LogP contribution in [0, 0.1) is 23.7 Å². The molecule has 2 aromatic heterocycles. The van der Waals surface area contributed by atoms with Crippen molar-refractivity contribution < 1.29 is 47.7 Å². The molecule has 4 atom stereocenters. The molecule has 0 spiro atoms. The molecule has 1 fully saturated rings. The van der Waals surface area contributed by atoms with Crippen LogP contribution in [0.15, 0.2) is 155 Å². The van der Waals surface area contributed by atoms with E-state index in [0.717, 1.165) is 0 Å². The Bertz CT molecular complexity index is 2060. The zero-order valence-electron chi connectivity index (χ0n) is 30.0. The van der Waals surface area contributed by atoms with Crippen LogP contribution in [-0.2, 0) is 45.4 Å². The van der Waals surface area contributed by atoms with E-state index in [4.69, 9.17) is 18.3 Å². The Morgan fingerprint density at radius 1 is 0.446 bits per heavy atom. The second kappa shape index (κ2) is 16.9. The van der Waals surface area contributed by atoms with Crippen LogP contribution in [0.25, 0.3) is 0 Å². The second-order valence-electron chi connectivity index (χ2n) is 13.4. The smallest absolute Gasteiger partial charge is 0.308 e. The van der Waals surface area contributed by atoms with Gasteiger partial charge in [-0.05, 0) is 83.9 Å². The van der Waals surface area contributed by atoms with Crippen molar-refractivity contribution in [2.45, 2.75) is 26.2 Å². The predicted octanol–water partition coefficient (Wildman–Crippen LogP) is 7.86. The van der Waals surface area contributed by atoms with Gasteiger partial charge in [-0.15, -0.1) is 0 Å². The van der Waals surface area contributed by atoms with Crippen molar-refractivity contribution in [3.63, 3.8) is 0 Å². The standard InChI is InChI=1S/C44H38N2O10/c47-41(45(27-35-13-7-23-53-35)25-29-15-19-33(20-16-29)55-31-9-3-1-4-10-31)37-38(40(44(51)52)39(37)43(49)50)42(48)46(28-36-14-8-24-54-36)26-30-17-21-34(22-18-30)56-32-11-5-2-6-12-32/h1-24,37-40H,25-28H2,(H,49,50)(H,51,52)/t37-,38-,39-,40-/m1/s1. The quantitative estimate of drug-likeness (QED) is 0.0996. The molecule has 1 aliphatic rings. The summed E-state index contributed by atoms with van der Waals surface area (Å²) in [4.78, 5) is 57.5. The lowest BCUT2D eigenvalue weighted by molar-refractivity contribution is -0.188. The fraction of sp³-hybridized carbons (Fsp3) is 0.182. The van der Waals surface area contributed by atoms with Crippen molar-refractivity contribution in [3.8, 4) is 23.0 Å². The maximum atomic E-state index is 14.6. The van der Waals surface area contributed by atoms with E-state index in [1.165, 1.54) is 22.3 Å². The Morgan fingerprint density at radius 3 is 1.12 bits per heavy atom. The van der Waals surface area contributed by atoms with Gasteiger partial charge in [-0.25, -0.2) is 0 Å². The van der Waals surface area contributed by atoms with Gasteiger partial charge in [0, 0.05) is 13.1 Å². The van der Waals surface area contributed by atoms with Gasteiger partial charge >= 0.3 is 11.9 Å². The fourth-order valence-corrected chi connectivity index (χ4v) is 7.02. The van der Waals surface area contributed by atoms with E-state index in [1.807, 2.05) is 60.7 Å². The molecule has 0 bridgehead atoms.